The quantitative estimate of drug-likeness (QED) is 0.538. The van der Waals surface area contributed by atoms with Crippen LogP contribution in [0.5, 0.6) is 5.75 Å². The summed E-state index contributed by atoms with van der Waals surface area (Å²) >= 11 is 1.03. The molecule has 5 nitrogen and oxygen atoms in total. The Kier molecular flexibility index (Phi) is 7.95. The maximum absolute atomic E-state index is 13.4. The second-order valence-electron chi connectivity index (χ2n) is 5.29. The summed E-state index contributed by atoms with van der Waals surface area (Å²) < 4.78 is 23.6. The highest BCUT2D eigenvalue weighted by molar-refractivity contribution is 8.00. The number of rotatable bonds is 9. The molecule has 0 heterocycles. The number of para-hydroxylation sites is 1. The lowest BCUT2D eigenvalue weighted by atomic mass is 10.1. The van der Waals surface area contributed by atoms with Gasteiger partial charge in [0.05, 0.1) is 12.9 Å². The van der Waals surface area contributed by atoms with Crippen molar-refractivity contribution in [3.63, 3.8) is 0 Å². The zero-order valence-corrected chi connectivity index (χ0v) is 15.2. The predicted molar refractivity (Wildman–Crippen MR) is 97.8 cm³/mol. The number of ether oxygens (including phenoxy) is 2. The lowest BCUT2D eigenvalue weighted by Gasteiger charge is -2.09. The van der Waals surface area contributed by atoms with E-state index in [0.717, 1.165) is 23.1 Å². The number of carbonyl (C=O) groups excluding carboxylic acids is 2. The maximum Gasteiger partial charge on any atom is 0.316 e. The molecule has 0 aliphatic carbocycles. The molecular formula is C19H20FNO4S. The van der Waals surface area contributed by atoms with Gasteiger partial charge in [0, 0.05) is 11.4 Å². The van der Waals surface area contributed by atoms with E-state index in [9.17, 15) is 14.0 Å². The number of benzene rings is 2. The van der Waals surface area contributed by atoms with Crippen LogP contribution in [-0.2, 0) is 20.7 Å². The number of halogens is 1. The standard InChI is InChI=1S/C19H20FNO4S/c1-24-16-8-4-2-6-14(16)10-11-21-18(22)12-25-19(23)13-26-17-9-5-3-7-15(17)20/h2-9H,10-13H2,1H3,(H,21,22). The molecular weight excluding hydrogens is 357 g/mol. The minimum atomic E-state index is -0.571. The van der Waals surface area contributed by atoms with Crippen molar-refractivity contribution >= 4 is 23.6 Å². The number of hydrogen-bond acceptors (Lipinski definition) is 5. The van der Waals surface area contributed by atoms with Crippen molar-refractivity contribution < 1.29 is 23.5 Å². The Morgan fingerprint density at radius 2 is 1.85 bits per heavy atom. The van der Waals surface area contributed by atoms with Gasteiger partial charge >= 0.3 is 5.97 Å². The van der Waals surface area contributed by atoms with Crippen LogP contribution in [0.25, 0.3) is 0 Å². The highest BCUT2D eigenvalue weighted by atomic mass is 32.2. The van der Waals surface area contributed by atoms with E-state index in [2.05, 4.69) is 5.32 Å². The molecule has 0 saturated carbocycles. The van der Waals surface area contributed by atoms with Crippen molar-refractivity contribution in [2.24, 2.45) is 0 Å². The van der Waals surface area contributed by atoms with Crippen LogP contribution in [0.2, 0.25) is 0 Å². The Morgan fingerprint density at radius 1 is 1.12 bits per heavy atom. The van der Waals surface area contributed by atoms with Crippen LogP contribution in [-0.4, -0.2) is 37.9 Å². The topological polar surface area (TPSA) is 64.6 Å². The molecule has 0 saturated heterocycles. The summed E-state index contributed by atoms with van der Waals surface area (Å²) in [6.45, 7) is 0.0450. The fourth-order valence-electron chi connectivity index (χ4n) is 2.18. The summed E-state index contributed by atoms with van der Waals surface area (Å²) in [6, 6.07) is 13.7. The first kappa shape index (κ1) is 19.8. The first-order valence-electron chi connectivity index (χ1n) is 8.01. The Labute approximate surface area is 155 Å². The van der Waals surface area contributed by atoms with Crippen LogP contribution in [0.15, 0.2) is 53.4 Å². The predicted octanol–water partition coefficient (Wildman–Crippen LogP) is 2.83. The summed E-state index contributed by atoms with van der Waals surface area (Å²) in [4.78, 5) is 23.7. The average molecular weight is 377 g/mol. The van der Waals surface area contributed by atoms with E-state index >= 15 is 0 Å². The van der Waals surface area contributed by atoms with E-state index in [1.54, 1.807) is 25.3 Å². The lowest BCUT2D eigenvalue weighted by molar-refractivity contribution is -0.145. The highest BCUT2D eigenvalue weighted by Gasteiger charge is 2.10. The summed E-state index contributed by atoms with van der Waals surface area (Å²) in [7, 11) is 1.59. The van der Waals surface area contributed by atoms with Crippen molar-refractivity contribution in [3.05, 3.63) is 59.9 Å². The third kappa shape index (κ3) is 6.40. The van der Waals surface area contributed by atoms with Crippen LogP contribution >= 0.6 is 11.8 Å². The largest absolute Gasteiger partial charge is 0.496 e. The molecule has 0 bridgehead atoms. The van der Waals surface area contributed by atoms with Crippen molar-refractivity contribution in [3.8, 4) is 5.75 Å². The monoisotopic (exact) mass is 377 g/mol. The van der Waals surface area contributed by atoms with Gasteiger partial charge in [-0.15, -0.1) is 11.8 Å². The summed E-state index contributed by atoms with van der Waals surface area (Å²) in [5.41, 5.74) is 0.980. The minimum absolute atomic E-state index is 0.0601. The van der Waals surface area contributed by atoms with Crippen LogP contribution in [0, 0.1) is 5.82 Å². The molecule has 0 spiro atoms. The number of carbonyl (C=O) groups is 2. The van der Waals surface area contributed by atoms with Gasteiger partial charge in [0.15, 0.2) is 6.61 Å². The third-order valence-corrected chi connectivity index (χ3v) is 4.48. The molecule has 0 atom stereocenters. The van der Waals surface area contributed by atoms with E-state index in [0.29, 0.717) is 17.9 Å². The third-order valence-electron chi connectivity index (χ3n) is 3.46. The van der Waals surface area contributed by atoms with Crippen LogP contribution < -0.4 is 10.1 Å². The number of amides is 1. The number of methoxy groups -OCH3 is 1. The van der Waals surface area contributed by atoms with Crippen LogP contribution in [0.1, 0.15) is 5.56 Å². The SMILES string of the molecule is COc1ccccc1CCNC(=O)COC(=O)CSc1ccccc1F. The Morgan fingerprint density at radius 3 is 2.62 bits per heavy atom. The number of thioether (sulfide) groups is 1. The molecule has 1 amide bonds. The van der Waals surface area contributed by atoms with Crippen molar-refractivity contribution in [2.75, 3.05) is 26.0 Å². The van der Waals surface area contributed by atoms with E-state index in [4.69, 9.17) is 9.47 Å². The van der Waals surface area contributed by atoms with Gasteiger partial charge in [0.2, 0.25) is 0 Å². The Balaban J connectivity index is 1.65. The fraction of sp³-hybridized carbons (Fsp3) is 0.263. The van der Waals surface area contributed by atoms with Gasteiger partial charge in [0.1, 0.15) is 11.6 Å². The minimum Gasteiger partial charge on any atom is -0.496 e. The average Bonchev–Trinajstić information content (AvgIpc) is 2.66. The van der Waals surface area contributed by atoms with Gasteiger partial charge in [0.25, 0.3) is 5.91 Å². The van der Waals surface area contributed by atoms with Crippen molar-refractivity contribution in [1.29, 1.82) is 0 Å². The van der Waals surface area contributed by atoms with Gasteiger partial charge in [-0.3, -0.25) is 9.59 Å². The second kappa shape index (κ2) is 10.5. The van der Waals surface area contributed by atoms with Crippen LogP contribution in [0.3, 0.4) is 0 Å². The fourth-order valence-corrected chi connectivity index (χ4v) is 2.92. The lowest BCUT2D eigenvalue weighted by Crippen LogP contribution is -2.30. The summed E-state index contributed by atoms with van der Waals surface area (Å²) in [5.74, 6) is -0.643. The maximum atomic E-state index is 13.4. The van der Waals surface area contributed by atoms with Gasteiger partial charge in [-0.2, -0.15) is 0 Å². The van der Waals surface area contributed by atoms with E-state index in [1.807, 2.05) is 24.3 Å². The number of nitrogens with one attached hydrogen (secondary N) is 1. The molecule has 0 fully saturated rings. The van der Waals surface area contributed by atoms with E-state index in [-0.39, 0.29) is 24.1 Å². The molecule has 2 aromatic carbocycles. The first-order chi connectivity index (χ1) is 12.6. The van der Waals surface area contributed by atoms with Crippen LogP contribution in [0.4, 0.5) is 4.39 Å². The zero-order valence-electron chi connectivity index (χ0n) is 14.4. The Bertz CT molecular complexity index is 754. The molecule has 0 aliphatic heterocycles. The molecule has 0 unspecified atom stereocenters. The van der Waals surface area contributed by atoms with E-state index < -0.39 is 5.97 Å². The second-order valence-corrected chi connectivity index (χ2v) is 6.31. The van der Waals surface area contributed by atoms with Crippen molar-refractivity contribution in [1.82, 2.24) is 5.32 Å². The highest BCUT2D eigenvalue weighted by Crippen LogP contribution is 2.21. The van der Waals surface area contributed by atoms with Gasteiger partial charge in [-0.1, -0.05) is 30.3 Å². The van der Waals surface area contributed by atoms with Crippen molar-refractivity contribution in [2.45, 2.75) is 11.3 Å². The number of esters is 1. The molecule has 0 aromatic heterocycles. The molecule has 0 radical (unpaired) electrons. The normalized spacial score (nSPS) is 10.2. The summed E-state index contributed by atoms with van der Waals surface area (Å²) in [6.07, 6.45) is 0.604. The number of hydrogen-bond donors (Lipinski definition) is 1. The van der Waals surface area contributed by atoms with Gasteiger partial charge < -0.3 is 14.8 Å². The molecule has 1 N–H and O–H groups in total. The van der Waals surface area contributed by atoms with Gasteiger partial charge in [-0.05, 0) is 30.2 Å². The smallest absolute Gasteiger partial charge is 0.316 e. The molecule has 7 heteroatoms. The summed E-state index contributed by atoms with van der Waals surface area (Å²) in [5, 5.41) is 2.68. The molecule has 2 rings (SSSR count). The zero-order chi connectivity index (χ0) is 18.8. The van der Waals surface area contributed by atoms with E-state index in [1.165, 1.54) is 6.07 Å². The molecule has 0 aliphatic rings. The molecule has 26 heavy (non-hydrogen) atoms. The van der Waals surface area contributed by atoms with Gasteiger partial charge in [-0.25, -0.2) is 4.39 Å². The molecule has 2 aromatic rings. The molecule has 138 valence electrons. The Hall–Kier alpha value is -2.54. The first-order valence-corrected chi connectivity index (χ1v) is 9.00.